The maximum Gasteiger partial charge on any atom is 0.0464 e. The minimum absolute atomic E-state index is 1.14. The number of nitrogens with zero attached hydrogens (tertiary/aromatic N) is 1. The Balaban J connectivity index is 2.14. The van der Waals surface area contributed by atoms with Gasteiger partial charge in [0.15, 0.2) is 0 Å². The first-order valence-corrected chi connectivity index (χ1v) is 8.44. The van der Waals surface area contributed by atoms with Crippen molar-refractivity contribution >= 4 is 11.4 Å². The van der Waals surface area contributed by atoms with Crippen molar-refractivity contribution in [2.45, 2.75) is 40.0 Å². The van der Waals surface area contributed by atoms with Gasteiger partial charge in [0.2, 0.25) is 0 Å². The van der Waals surface area contributed by atoms with Crippen molar-refractivity contribution < 1.29 is 0 Å². The highest BCUT2D eigenvalue weighted by Gasteiger charge is 2.15. The predicted octanol–water partition coefficient (Wildman–Crippen LogP) is 6.46. The van der Waals surface area contributed by atoms with Gasteiger partial charge in [-0.25, -0.2) is 0 Å². The van der Waals surface area contributed by atoms with Gasteiger partial charge in [0.05, 0.1) is 0 Å². The molecular weight excluding hydrogens is 278 g/mol. The van der Waals surface area contributed by atoms with Gasteiger partial charge in [-0.1, -0.05) is 35.9 Å². The summed E-state index contributed by atoms with van der Waals surface area (Å²) in [6.45, 7) is 6.55. The number of benzene rings is 2. The van der Waals surface area contributed by atoms with E-state index in [1.54, 1.807) is 0 Å². The number of aryl methyl sites for hydroxylation is 2. The van der Waals surface area contributed by atoms with Crippen molar-refractivity contribution in [2.75, 3.05) is 4.90 Å². The zero-order chi connectivity index (χ0) is 16.2. The molecular formula is C22H25N. The Morgan fingerprint density at radius 2 is 1.43 bits per heavy atom. The molecule has 23 heavy (non-hydrogen) atoms. The van der Waals surface area contributed by atoms with Crippen LogP contribution >= 0.6 is 0 Å². The van der Waals surface area contributed by atoms with E-state index in [0.717, 1.165) is 6.42 Å². The van der Waals surface area contributed by atoms with E-state index in [-0.39, 0.29) is 0 Å². The molecule has 1 aliphatic rings. The van der Waals surface area contributed by atoms with Gasteiger partial charge in [0, 0.05) is 17.1 Å². The maximum absolute atomic E-state index is 2.38. The second-order valence-electron chi connectivity index (χ2n) is 6.53. The van der Waals surface area contributed by atoms with Crippen molar-refractivity contribution in [1.82, 2.24) is 0 Å². The van der Waals surface area contributed by atoms with Gasteiger partial charge >= 0.3 is 0 Å². The lowest BCUT2D eigenvalue weighted by Gasteiger charge is -2.27. The van der Waals surface area contributed by atoms with E-state index in [9.17, 15) is 0 Å². The third kappa shape index (κ3) is 3.73. The van der Waals surface area contributed by atoms with Crippen LogP contribution in [-0.2, 0) is 0 Å². The fourth-order valence-corrected chi connectivity index (χ4v) is 3.15. The second kappa shape index (κ2) is 6.87. The van der Waals surface area contributed by atoms with Crippen molar-refractivity contribution in [3.8, 4) is 0 Å². The van der Waals surface area contributed by atoms with Crippen LogP contribution in [0.4, 0.5) is 11.4 Å². The molecule has 2 aromatic rings. The molecule has 0 aromatic heterocycles. The van der Waals surface area contributed by atoms with Crippen molar-refractivity contribution in [2.24, 2.45) is 0 Å². The van der Waals surface area contributed by atoms with Crippen LogP contribution in [-0.4, -0.2) is 0 Å². The van der Waals surface area contributed by atoms with Crippen LogP contribution in [0.3, 0.4) is 0 Å². The summed E-state index contributed by atoms with van der Waals surface area (Å²) >= 11 is 0. The number of rotatable bonds is 3. The van der Waals surface area contributed by atoms with Crippen LogP contribution in [0.25, 0.3) is 0 Å². The Morgan fingerprint density at radius 1 is 0.826 bits per heavy atom. The van der Waals surface area contributed by atoms with Crippen molar-refractivity contribution in [1.29, 1.82) is 0 Å². The van der Waals surface area contributed by atoms with Crippen LogP contribution in [0.1, 0.15) is 37.3 Å². The Kier molecular flexibility index (Phi) is 4.66. The van der Waals surface area contributed by atoms with E-state index in [1.165, 1.54) is 46.6 Å². The average molecular weight is 303 g/mol. The number of allylic oxidation sites excluding steroid dienone is 3. The van der Waals surface area contributed by atoms with Crippen LogP contribution in [0.2, 0.25) is 0 Å². The SMILES string of the molecule is CC1=CC(N(c2cccc(C)c2)c2cccc(C)c2)=CCCC1. The zero-order valence-corrected chi connectivity index (χ0v) is 14.3. The molecule has 0 fully saturated rings. The highest BCUT2D eigenvalue weighted by Crippen LogP contribution is 2.33. The molecule has 3 rings (SSSR count). The lowest BCUT2D eigenvalue weighted by atomic mass is 10.1. The average Bonchev–Trinajstić information content (AvgIpc) is 2.72. The summed E-state index contributed by atoms with van der Waals surface area (Å²) in [5, 5.41) is 0. The quantitative estimate of drug-likeness (QED) is 0.629. The molecule has 0 aliphatic heterocycles. The fraction of sp³-hybridized carbons (Fsp3) is 0.273. The molecule has 0 amide bonds. The normalized spacial score (nSPS) is 14.7. The topological polar surface area (TPSA) is 3.24 Å². The monoisotopic (exact) mass is 303 g/mol. The minimum Gasteiger partial charge on any atom is -0.311 e. The highest BCUT2D eigenvalue weighted by atomic mass is 15.1. The third-order valence-corrected chi connectivity index (χ3v) is 4.30. The molecule has 2 aromatic carbocycles. The molecule has 0 bridgehead atoms. The van der Waals surface area contributed by atoms with Gasteiger partial charge in [0.25, 0.3) is 0 Å². The molecule has 1 nitrogen and oxygen atoms in total. The molecule has 118 valence electrons. The first-order chi connectivity index (χ1) is 11.1. The van der Waals surface area contributed by atoms with Gasteiger partial charge in [-0.05, 0) is 81.5 Å². The Bertz CT molecular complexity index is 707. The molecule has 0 saturated heterocycles. The summed E-state index contributed by atoms with van der Waals surface area (Å²) in [7, 11) is 0. The first kappa shape index (κ1) is 15.6. The minimum atomic E-state index is 1.14. The summed E-state index contributed by atoms with van der Waals surface area (Å²) < 4.78 is 0. The number of anilines is 2. The molecule has 0 heterocycles. The van der Waals surface area contributed by atoms with Gasteiger partial charge < -0.3 is 4.90 Å². The Hall–Kier alpha value is -2.28. The van der Waals surface area contributed by atoms with Gasteiger partial charge in [0.1, 0.15) is 0 Å². The lowest BCUT2D eigenvalue weighted by Crippen LogP contribution is -2.15. The molecule has 0 N–H and O–H groups in total. The van der Waals surface area contributed by atoms with Gasteiger partial charge in [-0.3, -0.25) is 0 Å². The van der Waals surface area contributed by atoms with Crippen LogP contribution < -0.4 is 4.90 Å². The van der Waals surface area contributed by atoms with E-state index in [1.807, 2.05) is 0 Å². The molecule has 0 atom stereocenters. The van der Waals surface area contributed by atoms with E-state index in [0.29, 0.717) is 0 Å². The number of hydrogen-bond acceptors (Lipinski definition) is 1. The summed E-state index contributed by atoms with van der Waals surface area (Å²) in [6, 6.07) is 17.5. The van der Waals surface area contributed by atoms with E-state index >= 15 is 0 Å². The van der Waals surface area contributed by atoms with Crippen molar-refractivity contribution in [3.63, 3.8) is 0 Å². The van der Waals surface area contributed by atoms with Crippen LogP contribution in [0, 0.1) is 13.8 Å². The van der Waals surface area contributed by atoms with E-state index < -0.39 is 0 Å². The largest absolute Gasteiger partial charge is 0.311 e. The Labute approximate surface area is 140 Å². The van der Waals surface area contributed by atoms with E-state index in [2.05, 4.69) is 86.4 Å². The predicted molar refractivity (Wildman–Crippen MR) is 100 cm³/mol. The lowest BCUT2D eigenvalue weighted by molar-refractivity contribution is 0.840. The van der Waals surface area contributed by atoms with Gasteiger partial charge in [-0.15, -0.1) is 0 Å². The Morgan fingerprint density at radius 3 is 2.00 bits per heavy atom. The van der Waals surface area contributed by atoms with Crippen molar-refractivity contribution in [3.05, 3.63) is 83.1 Å². The molecule has 0 saturated carbocycles. The summed E-state index contributed by atoms with van der Waals surface area (Å²) in [5.74, 6) is 0. The first-order valence-electron chi connectivity index (χ1n) is 8.44. The van der Waals surface area contributed by atoms with Crippen LogP contribution in [0.15, 0.2) is 72.0 Å². The number of hydrogen-bond donors (Lipinski definition) is 0. The molecule has 1 heteroatoms. The molecule has 0 spiro atoms. The molecule has 0 radical (unpaired) electrons. The standard InChI is InChI=1S/C22H25N/c1-17-8-4-5-11-20(14-17)23(21-12-6-9-18(2)15-21)22-13-7-10-19(3)16-22/h6-7,9-16H,4-5,8H2,1-3H3. The molecule has 1 aliphatic carbocycles. The summed E-state index contributed by atoms with van der Waals surface area (Å²) in [5.41, 5.74) is 7.78. The summed E-state index contributed by atoms with van der Waals surface area (Å²) in [4.78, 5) is 2.38. The second-order valence-corrected chi connectivity index (χ2v) is 6.53. The smallest absolute Gasteiger partial charge is 0.0464 e. The zero-order valence-electron chi connectivity index (χ0n) is 14.3. The molecule has 0 unspecified atom stereocenters. The maximum atomic E-state index is 2.38. The summed E-state index contributed by atoms with van der Waals surface area (Å²) in [6.07, 6.45) is 8.28. The van der Waals surface area contributed by atoms with Crippen LogP contribution in [0.5, 0.6) is 0 Å². The highest BCUT2D eigenvalue weighted by molar-refractivity contribution is 5.71. The fourth-order valence-electron chi connectivity index (χ4n) is 3.15. The third-order valence-electron chi connectivity index (χ3n) is 4.30. The van der Waals surface area contributed by atoms with Gasteiger partial charge in [-0.2, -0.15) is 0 Å². The van der Waals surface area contributed by atoms with E-state index in [4.69, 9.17) is 0 Å².